The van der Waals surface area contributed by atoms with E-state index in [0.717, 1.165) is 12.8 Å². The van der Waals surface area contributed by atoms with Crippen LogP contribution in [0.5, 0.6) is 0 Å². The zero-order valence-corrected chi connectivity index (χ0v) is 10.4. The molecule has 0 amide bonds. The standard InChI is InChI=1S/C15H21NO/c1-11(10-16)7-8-15(17)14-9-13(14)12-5-3-2-4-6-12/h2-6,11,13-14H,7-10,16H2,1H3. The van der Waals surface area contributed by atoms with Gasteiger partial charge in [0.15, 0.2) is 0 Å². The number of hydrogen-bond acceptors (Lipinski definition) is 2. The molecule has 2 rings (SSSR count). The topological polar surface area (TPSA) is 43.1 Å². The van der Waals surface area contributed by atoms with Gasteiger partial charge in [-0.1, -0.05) is 37.3 Å². The van der Waals surface area contributed by atoms with E-state index in [0.29, 0.717) is 30.6 Å². The quantitative estimate of drug-likeness (QED) is 0.818. The molecule has 0 bridgehead atoms. The molecule has 0 aromatic heterocycles. The van der Waals surface area contributed by atoms with Gasteiger partial charge in [0.2, 0.25) is 0 Å². The maximum atomic E-state index is 12.0. The maximum Gasteiger partial charge on any atom is 0.136 e. The highest BCUT2D eigenvalue weighted by Crippen LogP contribution is 2.48. The Morgan fingerprint density at radius 1 is 1.41 bits per heavy atom. The zero-order valence-electron chi connectivity index (χ0n) is 10.4. The maximum absolute atomic E-state index is 12.0. The predicted molar refractivity (Wildman–Crippen MR) is 69.7 cm³/mol. The average molecular weight is 231 g/mol. The summed E-state index contributed by atoms with van der Waals surface area (Å²) in [5.74, 6) is 1.66. The summed E-state index contributed by atoms with van der Waals surface area (Å²) in [5, 5.41) is 0. The van der Waals surface area contributed by atoms with Gasteiger partial charge < -0.3 is 5.73 Å². The Morgan fingerprint density at radius 3 is 2.76 bits per heavy atom. The number of nitrogens with two attached hydrogens (primary N) is 1. The van der Waals surface area contributed by atoms with Crippen LogP contribution >= 0.6 is 0 Å². The lowest BCUT2D eigenvalue weighted by Gasteiger charge is -2.06. The Bertz CT molecular complexity index is 374. The number of carbonyl (C=O) groups is 1. The molecular weight excluding hydrogens is 210 g/mol. The summed E-state index contributed by atoms with van der Waals surface area (Å²) in [4.78, 5) is 12.0. The molecule has 1 aromatic carbocycles. The number of carbonyl (C=O) groups excluding carboxylic acids is 1. The lowest BCUT2D eigenvalue weighted by molar-refractivity contribution is -0.120. The van der Waals surface area contributed by atoms with Crippen LogP contribution in [0.3, 0.4) is 0 Å². The molecule has 3 atom stereocenters. The Balaban J connectivity index is 1.81. The van der Waals surface area contributed by atoms with Crippen LogP contribution in [0.25, 0.3) is 0 Å². The molecule has 17 heavy (non-hydrogen) atoms. The van der Waals surface area contributed by atoms with Gasteiger partial charge in [-0.15, -0.1) is 0 Å². The predicted octanol–water partition coefficient (Wildman–Crippen LogP) is 2.73. The SMILES string of the molecule is CC(CN)CCC(=O)C1CC1c1ccccc1. The van der Waals surface area contributed by atoms with E-state index in [4.69, 9.17) is 5.73 Å². The second-order valence-electron chi connectivity index (χ2n) is 5.21. The van der Waals surface area contributed by atoms with Crippen LogP contribution < -0.4 is 5.73 Å². The van der Waals surface area contributed by atoms with E-state index in [1.165, 1.54) is 5.56 Å². The molecule has 0 radical (unpaired) electrons. The van der Waals surface area contributed by atoms with E-state index < -0.39 is 0 Å². The molecule has 1 aliphatic carbocycles. The molecule has 0 aliphatic heterocycles. The fraction of sp³-hybridized carbons (Fsp3) is 0.533. The van der Waals surface area contributed by atoms with Crippen molar-refractivity contribution in [2.45, 2.75) is 32.1 Å². The number of hydrogen-bond donors (Lipinski definition) is 1. The Kier molecular flexibility index (Phi) is 3.95. The number of rotatable bonds is 6. The molecular formula is C15H21NO. The minimum atomic E-state index is 0.280. The minimum Gasteiger partial charge on any atom is -0.330 e. The first-order chi connectivity index (χ1) is 8.22. The molecule has 92 valence electrons. The highest BCUT2D eigenvalue weighted by Gasteiger charge is 2.42. The third kappa shape index (κ3) is 3.16. The third-order valence-corrected chi connectivity index (χ3v) is 3.72. The molecule has 2 N–H and O–H groups in total. The van der Waals surface area contributed by atoms with Gasteiger partial charge >= 0.3 is 0 Å². The normalized spacial score (nSPS) is 24.4. The second kappa shape index (κ2) is 5.46. The van der Waals surface area contributed by atoms with E-state index in [1.54, 1.807) is 0 Å². The molecule has 1 aromatic rings. The summed E-state index contributed by atoms with van der Waals surface area (Å²) in [6, 6.07) is 10.4. The summed E-state index contributed by atoms with van der Waals surface area (Å²) in [6.07, 6.45) is 2.68. The van der Waals surface area contributed by atoms with Crippen molar-refractivity contribution in [2.24, 2.45) is 17.6 Å². The van der Waals surface area contributed by atoms with Crippen molar-refractivity contribution in [1.82, 2.24) is 0 Å². The van der Waals surface area contributed by atoms with Crippen LogP contribution in [-0.2, 0) is 4.79 Å². The largest absolute Gasteiger partial charge is 0.330 e. The lowest BCUT2D eigenvalue weighted by atomic mass is 10.00. The monoisotopic (exact) mass is 231 g/mol. The molecule has 1 aliphatic rings. The van der Waals surface area contributed by atoms with Crippen molar-refractivity contribution in [1.29, 1.82) is 0 Å². The van der Waals surface area contributed by atoms with Gasteiger partial charge in [-0.25, -0.2) is 0 Å². The summed E-state index contributed by atoms with van der Waals surface area (Å²) in [6.45, 7) is 2.79. The molecule has 1 saturated carbocycles. The highest BCUT2D eigenvalue weighted by atomic mass is 16.1. The Labute approximate surface area is 103 Å². The highest BCUT2D eigenvalue weighted by molar-refractivity contribution is 5.85. The van der Waals surface area contributed by atoms with Crippen LogP contribution in [0.2, 0.25) is 0 Å². The van der Waals surface area contributed by atoms with E-state index in [1.807, 2.05) is 18.2 Å². The number of Topliss-reactive ketones (excluding diaryl/α,β-unsaturated/α-hetero) is 1. The van der Waals surface area contributed by atoms with E-state index in [2.05, 4.69) is 19.1 Å². The van der Waals surface area contributed by atoms with Gasteiger partial charge in [-0.3, -0.25) is 4.79 Å². The van der Waals surface area contributed by atoms with Crippen LogP contribution in [0.1, 0.15) is 37.7 Å². The van der Waals surface area contributed by atoms with Crippen molar-refractivity contribution in [3.63, 3.8) is 0 Å². The lowest BCUT2D eigenvalue weighted by Crippen LogP contribution is -2.13. The summed E-state index contributed by atoms with van der Waals surface area (Å²) in [7, 11) is 0. The summed E-state index contributed by atoms with van der Waals surface area (Å²) >= 11 is 0. The van der Waals surface area contributed by atoms with Crippen LogP contribution in [0, 0.1) is 11.8 Å². The van der Waals surface area contributed by atoms with E-state index in [9.17, 15) is 4.79 Å². The van der Waals surface area contributed by atoms with Crippen molar-refractivity contribution >= 4 is 5.78 Å². The van der Waals surface area contributed by atoms with E-state index >= 15 is 0 Å². The first-order valence-corrected chi connectivity index (χ1v) is 6.50. The minimum absolute atomic E-state index is 0.280. The molecule has 3 unspecified atom stereocenters. The van der Waals surface area contributed by atoms with Crippen LogP contribution in [0.15, 0.2) is 30.3 Å². The summed E-state index contributed by atoms with van der Waals surface area (Å²) < 4.78 is 0. The molecule has 1 fully saturated rings. The molecule has 0 spiro atoms. The van der Waals surface area contributed by atoms with Crippen molar-refractivity contribution in [2.75, 3.05) is 6.54 Å². The van der Waals surface area contributed by atoms with Crippen molar-refractivity contribution in [3.8, 4) is 0 Å². The average Bonchev–Trinajstić information content (AvgIpc) is 3.17. The third-order valence-electron chi connectivity index (χ3n) is 3.72. The van der Waals surface area contributed by atoms with Gasteiger partial charge in [0.05, 0.1) is 0 Å². The van der Waals surface area contributed by atoms with Gasteiger partial charge in [0, 0.05) is 12.3 Å². The molecule has 2 nitrogen and oxygen atoms in total. The van der Waals surface area contributed by atoms with Crippen LogP contribution in [-0.4, -0.2) is 12.3 Å². The number of ketones is 1. The Hall–Kier alpha value is -1.15. The zero-order chi connectivity index (χ0) is 12.3. The van der Waals surface area contributed by atoms with Gasteiger partial charge in [-0.05, 0) is 36.8 Å². The first kappa shape index (κ1) is 12.3. The van der Waals surface area contributed by atoms with E-state index in [-0.39, 0.29) is 5.92 Å². The van der Waals surface area contributed by atoms with Gasteiger partial charge in [-0.2, -0.15) is 0 Å². The van der Waals surface area contributed by atoms with Crippen LogP contribution in [0.4, 0.5) is 0 Å². The fourth-order valence-corrected chi connectivity index (χ4v) is 2.31. The van der Waals surface area contributed by atoms with Crippen molar-refractivity contribution in [3.05, 3.63) is 35.9 Å². The summed E-state index contributed by atoms with van der Waals surface area (Å²) in [5.41, 5.74) is 6.87. The van der Waals surface area contributed by atoms with Gasteiger partial charge in [0.1, 0.15) is 5.78 Å². The van der Waals surface area contributed by atoms with Gasteiger partial charge in [0.25, 0.3) is 0 Å². The second-order valence-corrected chi connectivity index (χ2v) is 5.21. The fourth-order valence-electron chi connectivity index (χ4n) is 2.31. The first-order valence-electron chi connectivity index (χ1n) is 6.50. The molecule has 0 heterocycles. The molecule has 0 saturated heterocycles. The smallest absolute Gasteiger partial charge is 0.136 e. The van der Waals surface area contributed by atoms with Crippen molar-refractivity contribution < 1.29 is 4.79 Å². The molecule has 2 heteroatoms. The number of benzene rings is 1. The Morgan fingerprint density at radius 2 is 2.12 bits per heavy atom.